The highest BCUT2D eigenvalue weighted by molar-refractivity contribution is 7.89. The van der Waals surface area contributed by atoms with Crippen LogP contribution in [0.1, 0.15) is 10.4 Å². The number of carbonyl (C=O) groups is 2. The zero-order chi connectivity index (χ0) is 22.7. The minimum absolute atomic E-state index is 0.173. The molecule has 0 spiro atoms. The number of nitrogens with zero attached hydrogens (tertiary/aromatic N) is 2. The van der Waals surface area contributed by atoms with E-state index < -0.39 is 21.7 Å². The van der Waals surface area contributed by atoms with Gasteiger partial charge in [-0.3, -0.25) is 9.59 Å². The van der Waals surface area contributed by atoms with Gasteiger partial charge in [0.2, 0.25) is 15.9 Å². The van der Waals surface area contributed by atoms with Crippen molar-refractivity contribution in [3.63, 3.8) is 0 Å². The molecule has 1 saturated heterocycles. The van der Waals surface area contributed by atoms with Gasteiger partial charge in [-0.15, -0.1) is 0 Å². The molecule has 1 aliphatic heterocycles. The molecule has 0 saturated carbocycles. The van der Waals surface area contributed by atoms with Crippen molar-refractivity contribution >= 4 is 32.6 Å². The predicted molar refractivity (Wildman–Crippen MR) is 118 cm³/mol. The van der Waals surface area contributed by atoms with E-state index >= 15 is 0 Å². The Hall–Kier alpha value is -3.30. The SMILES string of the molecule is O=C(NCC(=O)N1CCN(S(=O)(=O)c2ccc3ccccc3c2)CC1)c1ccc(F)cc1. The lowest BCUT2D eigenvalue weighted by molar-refractivity contribution is -0.131. The zero-order valence-electron chi connectivity index (χ0n) is 17.2. The van der Waals surface area contributed by atoms with Gasteiger partial charge >= 0.3 is 0 Å². The summed E-state index contributed by atoms with van der Waals surface area (Å²) < 4.78 is 40.4. The van der Waals surface area contributed by atoms with Crippen LogP contribution in [0.25, 0.3) is 10.8 Å². The molecule has 1 heterocycles. The fourth-order valence-electron chi connectivity index (χ4n) is 3.63. The van der Waals surface area contributed by atoms with Crippen LogP contribution in [0.3, 0.4) is 0 Å². The van der Waals surface area contributed by atoms with Gasteiger partial charge in [0.1, 0.15) is 5.82 Å². The van der Waals surface area contributed by atoms with Crippen molar-refractivity contribution in [2.24, 2.45) is 0 Å². The second-order valence-electron chi connectivity index (χ2n) is 7.48. The van der Waals surface area contributed by atoms with Gasteiger partial charge in [0.25, 0.3) is 5.91 Å². The smallest absolute Gasteiger partial charge is 0.251 e. The molecule has 9 heteroatoms. The van der Waals surface area contributed by atoms with Crippen LogP contribution in [-0.4, -0.2) is 62.2 Å². The van der Waals surface area contributed by atoms with Gasteiger partial charge in [-0.1, -0.05) is 30.3 Å². The van der Waals surface area contributed by atoms with Gasteiger partial charge in [0.15, 0.2) is 0 Å². The van der Waals surface area contributed by atoms with Gasteiger partial charge < -0.3 is 10.2 Å². The number of benzene rings is 3. The molecular weight excluding hydrogens is 433 g/mol. The summed E-state index contributed by atoms with van der Waals surface area (Å²) in [7, 11) is -3.67. The molecule has 0 radical (unpaired) electrons. The number of sulfonamides is 1. The normalized spacial score (nSPS) is 15.0. The van der Waals surface area contributed by atoms with E-state index in [0.29, 0.717) is 0 Å². The highest BCUT2D eigenvalue weighted by atomic mass is 32.2. The number of nitrogens with one attached hydrogen (secondary N) is 1. The largest absolute Gasteiger partial charge is 0.343 e. The number of fused-ring (bicyclic) bond motifs is 1. The third kappa shape index (κ3) is 4.63. The maximum atomic E-state index is 13.0. The van der Waals surface area contributed by atoms with Crippen molar-refractivity contribution < 1.29 is 22.4 Å². The minimum atomic E-state index is -3.67. The Kier molecular flexibility index (Phi) is 6.20. The van der Waals surface area contributed by atoms with Gasteiger partial charge in [-0.05, 0) is 47.2 Å². The molecule has 4 rings (SSSR count). The molecular formula is C23H22FN3O4S. The van der Waals surface area contributed by atoms with Crippen LogP contribution >= 0.6 is 0 Å². The molecule has 166 valence electrons. The van der Waals surface area contributed by atoms with Crippen LogP contribution in [0.4, 0.5) is 4.39 Å². The third-order valence-corrected chi connectivity index (χ3v) is 7.35. The average molecular weight is 456 g/mol. The van der Waals surface area contributed by atoms with E-state index in [1.807, 2.05) is 24.3 Å². The molecule has 0 bridgehead atoms. The summed E-state index contributed by atoms with van der Waals surface area (Å²) in [6.07, 6.45) is 0. The second-order valence-corrected chi connectivity index (χ2v) is 9.42. The van der Waals surface area contributed by atoms with E-state index in [-0.39, 0.29) is 49.1 Å². The van der Waals surface area contributed by atoms with E-state index in [9.17, 15) is 22.4 Å². The predicted octanol–water partition coefficient (Wildman–Crippen LogP) is 2.24. The quantitative estimate of drug-likeness (QED) is 0.639. The topological polar surface area (TPSA) is 86.8 Å². The first kappa shape index (κ1) is 21.9. The lowest BCUT2D eigenvalue weighted by atomic mass is 10.1. The zero-order valence-corrected chi connectivity index (χ0v) is 18.0. The number of carbonyl (C=O) groups excluding carboxylic acids is 2. The highest BCUT2D eigenvalue weighted by Gasteiger charge is 2.30. The van der Waals surface area contributed by atoms with E-state index in [2.05, 4.69) is 5.32 Å². The first-order chi connectivity index (χ1) is 15.3. The summed E-state index contributed by atoms with van der Waals surface area (Å²) in [6, 6.07) is 17.6. The number of rotatable bonds is 5. The number of hydrogen-bond donors (Lipinski definition) is 1. The lowest BCUT2D eigenvalue weighted by Crippen LogP contribution is -2.52. The number of amides is 2. The summed E-state index contributed by atoms with van der Waals surface area (Å²) in [5.41, 5.74) is 0.255. The Labute approximate surface area is 185 Å². The fourth-order valence-corrected chi connectivity index (χ4v) is 5.08. The molecule has 3 aromatic rings. The minimum Gasteiger partial charge on any atom is -0.343 e. The van der Waals surface area contributed by atoms with Gasteiger partial charge in [-0.2, -0.15) is 4.31 Å². The highest BCUT2D eigenvalue weighted by Crippen LogP contribution is 2.22. The first-order valence-electron chi connectivity index (χ1n) is 10.1. The van der Waals surface area contributed by atoms with Crippen LogP contribution in [0.2, 0.25) is 0 Å². The van der Waals surface area contributed by atoms with Crippen molar-refractivity contribution in [3.8, 4) is 0 Å². The summed E-state index contributed by atoms with van der Waals surface area (Å²) in [5, 5.41) is 4.32. The summed E-state index contributed by atoms with van der Waals surface area (Å²) in [5.74, 6) is -1.23. The van der Waals surface area contributed by atoms with Crippen molar-refractivity contribution in [2.45, 2.75) is 4.90 Å². The summed E-state index contributed by atoms with van der Waals surface area (Å²) in [6.45, 7) is 0.601. The maximum absolute atomic E-state index is 13.0. The summed E-state index contributed by atoms with van der Waals surface area (Å²) in [4.78, 5) is 26.3. The monoisotopic (exact) mass is 455 g/mol. The molecule has 2 amide bonds. The van der Waals surface area contributed by atoms with Gasteiger partial charge in [0.05, 0.1) is 11.4 Å². The van der Waals surface area contributed by atoms with Crippen molar-refractivity contribution in [3.05, 3.63) is 78.1 Å². The molecule has 1 fully saturated rings. The van der Waals surface area contributed by atoms with E-state index in [1.165, 1.54) is 33.5 Å². The Morgan fingerprint density at radius 3 is 2.22 bits per heavy atom. The van der Waals surface area contributed by atoms with Crippen molar-refractivity contribution in [1.29, 1.82) is 0 Å². The molecule has 0 aliphatic carbocycles. The van der Waals surface area contributed by atoms with Crippen molar-refractivity contribution in [1.82, 2.24) is 14.5 Å². The van der Waals surface area contributed by atoms with Gasteiger partial charge in [-0.25, -0.2) is 12.8 Å². The van der Waals surface area contributed by atoms with Gasteiger partial charge in [0, 0.05) is 31.7 Å². The van der Waals surface area contributed by atoms with E-state index in [0.717, 1.165) is 10.8 Å². The Morgan fingerprint density at radius 1 is 0.875 bits per heavy atom. The van der Waals surface area contributed by atoms with Crippen LogP contribution in [-0.2, 0) is 14.8 Å². The Balaban J connectivity index is 1.34. The molecule has 0 unspecified atom stereocenters. The molecule has 7 nitrogen and oxygen atoms in total. The van der Waals surface area contributed by atoms with Crippen LogP contribution in [0.15, 0.2) is 71.6 Å². The average Bonchev–Trinajstić information content (AvgIpc) is 2.82. The van der Waals surface area contributed by atoms with Crippen LogP contribution < -0.4 is 5.32 Å². The number of piperazine rings is 1. The molecule has 1 aliphatic rings. The molecule has 1 N–H and O–H groups in total. The molecule has 3 aromatic carbocycles. The molecule has 0 atom stereocenters. The van der Waals surface area contributed by atoms with E-state index in [4.69, 9.17) is 0 Å². The Morgan fingerprint density at radius 2 is 1.53 bits per heavy atom. The molecule has 0 aromatic heterocycles. The number of halogens is 1. The fraction of sp³-hybridized carbons (Fsp3) is 0.217. The lowest BCUT2D eigenvalue weighted by Gasteiger charge is -2.34. The standard InChI is InChI=1S/C23H22FN3O4S/c24-20-8-5-18(6-9-20)23(29)25-16-22(28)26-11-13-27(14-12-26)32(30,31)21-10-7-17-3-1-2-4-19(17)15-21/h1-10,15H,11-14,16H2,(H,25,29). The van der Waals surface area contributed by atoms with E-state index in [1.54, 1.807) is 18.2 Å². The first-order valence-corrected chi connectivity index (χ1v) is 11.6. The van der Waals surface area contributed by atoms with Crippen molar-refractivity contribution in [2.75, 3.05) is 32.7 Å². The Bertz CT molecular complexity index is 1250. The second kappa shape index (κ2) is 9.05. The maximum Gasteiger partial charge on any atom is 0.251 e. The van der Waals surface area contributed by atoms with Crippen LogP contribution in [0, 0.1) is 5.82 Å². The third-order valence-electron chi connectivity index (χ3n) is 5.46. The number of hydrogen-bond acceptors (Lipinski definition) is 4. The summed E-state index contributed by atoms with van der Waals surface area (Å²) >= 11 is 0. The molecule has 32 heavy (non-hydrogen) atoms. The van der Waals surface area contributed by atoms with Crippen LogP contribution in [0.5, 0.6) is 0 Å².